The fraction of sp³-hybridized carbons (Fsp3) is 0.190. The number of fused-ring (bicyclic) bond motifs is 1. The van der Waals surface area contributed by atoms with Crippen LogP contribution < -0.4 is 9.47 Å². The van der Waals surface area contributed by atoms with Gasteiger partial charge in [-0.3, -0.25) is 19.7 Å². The maximum Gasteiger partial charge on any atom is 0.573 e. The van der Waals surface area contributed by atoms with Gasteiger partial charge in [0.05, 0.1) is 12.2 Å². The number of carbonyl (C=O) groups is 1. The number of esters is 1. The Balaban J connectivity index is 1.57. The molecular weight excluding hydrogens is 399 g/mol. The van der Waals surface area contributed by atoms with E-state index in [-0.39, 0.29) is 18.3 Å². The van der Waals surface area contributed by atoms with Crippen LogP contribution in [0.15, 0.2) is 61.1 Å². The Kier molecular flexibility index (Phi) is 5.37. The number of benzene rings is 2. The zero-order valence-corrected chi connectivity index (χ0v) is 15.6. The van der Waals surface area contributed by atoms with Gasteiger partial charge < -0.3 is 9.47 Å². The van der Waals surface area contributed by atoms with Crippen LogP contribution in [0.3, 0.4) is 0 Å². The lowest BCUT2D eigenvalue weighted by atomic mass is 10.0. The SMILES string of the molecule is O=C1CN(Cc2cnccn2)Cc2cc(-c3ccc(OC(F)(F)F)cc3)ccc2O1. The molecule has 2 heterocycles. The maximum atomic E-state index is 12.3. The van der Waals surface area contributed by atoms with E-state index >= 15 is 0 Å². The number of hydrogen-bond donors (Lipinski definition) is 0. The van der Waals surface area contributed by atoms with E-state index in [0.717, 1.165) is 16.8 Å². The van der Waals surface area contributed by atoms with Crippen molar-refractivity contribution in [3.05, 3.63) is 72.3 Å². The summed E-state index contributed by atoms with van der Waals surface area (Å²) in [6.45, 7) is 0.973. The van der Waals surface area contributed by atoms with E-state index in [2.05, 4.69) is 14.7 Å². The van der Waals surface area contributed by atoms with Gasteiger partial charge in [0, 0.05) is 37.2 Å². The van der Waals surface area contributed by atoms with Crippen molar-refractivity contribution < 1.29 is 27.4 Å². The second kappa shape index (κ2) is 8.11. The summed E-state index contributed by atoms with van der Waals surface area (Å²) in [6, 6.07) is 10.9. The zero-order chi connectivity index (χ0) is 21.1. The molecule has 0 saturated heterocycles. The standard InChI is InChI=1S/C21H16F3N3O3/c22-21(23,24)30-18-4-1-14(2-5-18)15-3-6-19-16(9-15)11-27(13-20(28)29-19)12-17-10-25-7-8-26-17/h1-10H,11-13H2. The molecule has 4 rings (SSSR count). The normalized spacial score (nSPS) is 14.6. The average molecular weight is 415 g/mol. The Labute approximate surface area is 169 Å². The fourth-order valence-electron chi connectivity index (χ4n) is 3.22. The minimum absolute atomic E-state index is 0.101. The van der Waals surface area contributed by atoms with Gasteiger partial charge in [-0.1, -0.05) is 18.2 Å². The molecule has 30 heavy (non-hydrogen) atoms. The molecule has 1 aliphatic heterocycles. The summed E-state index contributed by atoms with van der Waals surface area (Å²) in [5.41, 5.74) is 3.01. The smallest absolute Gasteiger partial charge is 0.425 e. The third kappa shape index (κ3) is 4.93. The molecule has 154 valence electrons. The summed E-state index contributed by atoms with van der Waals surface area (Å²) < 4.78 is 46.4. The van der Waals surface area contributed by atoms with Gasteiger partial charge in [-0.2, -0.15) is 0 Å². The number of carbonyl (C=O) groups excluding carboxylic acids is 1. The van der Waals surface area contributed by atoms with Crippen molar-refractivity contribution in [2.24, 2.45) is 0 Å². The molecule has 1 aromatic heterocycles. The number of halogens is 3. The van der Waals surface area contributed by atoms with E-state index in [0.29, 0.717) is 24.4 Å². The van der Waals surface area contributed by atoms with Gasteiger partial charge in [-0.15, -0.1) is 13.2 Å². The summed E-state index contributed by atoms with van der Waals surface area (Å²) in [5, 5.41) is 0. The Hall–Kier alpha value is -3.46. The van der Waals surface area contributed by atoms with Crippen molar-refractivity contribution in [1.82, 2.24) is 14.9 Å². The van der Waals surface area contributed by atoms with Crippen LogP contribution in [0.25, 0.3) is 11.1 Å². The highest BCUT2D eigenvalue weighted by molar-refractivity contribution is 5.76. The summed E-state index contributed by atoms with van der Waals surface area (Å²) in [4.78, 5) is 22.3. The predicted molar refractivity (Wildman–Crippen MR) is 100 cm³/mol. The number of aromatic nitrogens is 2. The minimum atomic E-state index is -4.73. The lowest BCUT2D eigenvalue weighted by Crippen LogP contribution is -2.29. The molecule has 0 bridgehead atoms. The van der Waals surface area contributed by atoms with Crippen LogP contribution >= 0.6 is 0 Å². The number of hydrogen-bond acceptors (Lipinski definition) is 6. The number of alkyl halides is 3. The molecule has 0 fully saturated rings. The van der Waals surface area contributed by atoms with Crippen molar-refractivity contribution in [2.45, 2.75) is 19.5 Å². The van der Waals surface area contributed by atoms with Crippen LogP contribution in [-0.4, -0.2) is 33.7 Å². The first-order valence-electron chi connectivity index (χ1n) is 9.03. The Morgan fingerprint density at radius 1 is 1.03 bits per heavy atom. The van der Waals surface area contributed by atoms with E-state index < -0.39 is 6.36 Å². The molecule has 9 heteroatoms. The largest absolute Gasteiger partial charge is 0.573 e. The molecule has 2 aromatic carbocycles. The highest BCUT2D eigenvalue weighted by Crippen LogP contribution is 2.31. The molecule has 0 atom stereocenters. The van der Waals surface area contributed by atoms with Gasteiger partial charge in [0.2, 0.25) is 0 Å². The van der Waals surface area contributed by atoms with Crippen molar-refractivity contribution in [2.75, 3.05) is 6.54 Å². The number of rotatable bonds is 4. The van der Waals surface area contributed by atoms with E-state index in [1.807, 2.05) is 11.0 Å². The van der Waals surface area contributed by atoms with E-state index in [1.165, 1.54) is 12.1 Å². The van der Waals surface area contributed by atoms with E-state index in [9.17, 15) is 18.0 Å². The Morgan fingerprint density at radius 2 is 1.80 bits per heavy atom. The lowest BCUT2D eigenvalue weighted by molar-refractivity contribution is -0.274. The number of nitrogens with zero attached hydrogens (tertiary/aromatic N) is 3. The summed E-state index contributed by atoms with van der Waals surface area (Å²) >= 11 is 0. The minimum Gasteiger partial charge on any atom is -0.425 e. The molecule has 0 saturated carbocycles. The maximum absolute atomic E-state index is 12.3. The van der Waals surface area contributed by atoms with E-state index in [4.69, 9.17) is 4.74 Å². The van der Waals surface area contributed by atoms with Crippen LogP contribution in [-0.2, 0) is 17.9 Å². The second-order valence-corrected chi connectivity index (χ2v) is 6.71. The molecule has 3 aromatic rings. The third-order valence-electron chi connectivity index (χ3n) is 4.45. The highest BCUT2D eigenvalue weighted by atomic mass is 19.4. The van der Waals surface area contributed by atoms with Crippen LogP contribution in [0.4, 0.5) is 13.2 Å². The summed E-state index contributed by atoms with van der Waals surface area (Å²) in [7, 11) is 0. The molecule has 0 unspecified atom stereocenters. The first kappa shape index (κ1) is 19.8. The first-order valence-corrected chi connectivity index (χ1v) is 9.03. The van der Waals surface area contributed by atoms with Crippen molar-refractivity contribution in [3.63, 3.8) is 0 Å². The fourth-order valence-corrected chi connectivity index (χ4v) is 3.22. The quantitative estimate of drug-likeness (QED) is 0.475. The highest BCUT2D eigenvalue weighted by Gasteiger charge is 2.31. The third-order valence-corrected chi connectivity index (χ3v) is 4.45. The van der Waals surface area contributed by atoms with Crippen LogP contribution in [0.5, 0.6) is 11.5 Å². The monoisotopic (exact) mass is 415 g/mol. The lowest BCUT2D eigenvalue weighted by Gasteiger charge is -2.18. The summed E-state index contributed by atoms with van der Waals surface area (Å²) in [5.74, 6) is -0.202. The number of ether oxygens (including phenoxy) is 2. The van der Waals surface area contributed by atoms with Crippen LogP contribution in [0.2, 0.25) is 0 Å². The Morgan fingerprint density at radius 3 is 2.50 bits per heavy atom. The van der Waals surface area contributed by atoms with Crippen LogP contribution in [0.1, 0.15) is 11.3 Å². The van der Waals surface area contributed by atoms with Gasteiger partial charge in [-0.05, 0) is 35.4 Å². The second-order valence-electron chi connectivity index (χ2n) is 6.71. The van der Waals surface area contributed by atoms with E-state index in [1.54, 1.807) is 42.9 Å². The molecule has 6 nitrogen and oxygen atoms in total. The average Bonchev–Trinajstić information content (AvgIpc) is 2.85. The molecule has 0 aliphatic carbocycles. The molecule has 0 amide bonds. The molecule has 0 N–H and O–H groups in total. The molecule has 1 aliphatic rings. The zero-order valence-electron chi connectivity index (χ0n) is 15.6. The van der Waals surface area contributed by atoms with Gasteiger partial charge in [0.15, 0.2) is 0 Å². The topological polar surface area (TPSA) is 64.6 Å². The molecule has 0 spiro atoms. The van der Waals surface area contributed by atoms with Gasteiger partial charge >= 0.3 is 12.3 Å². The van der Waals surface area contributed by atoms with Gasteiger partial charge in [0.25, 0.3) is 0 Å². The van der Waals surface area contributed by atoms with Crippen LogP contribution in [0, 0.1) is 0 Å². The van der Waals surface area contributed by atoms with Crippen molar-refractivity contribution in [1.29, 1.82) is 0 Å². The van der Waals surface area contributed by atoms with Gasteiger partial charge in [0.1, 0.15) is 11.5 Å². The van der Waals surface area contributed by atoms with Crippen molar-refractivity contribution in [3.8, 4) is 22.6 Å². The summed E-state index contributed by atoms with van der Waals surface area (Å²) in [6.07, 6.45) is 0.0661. The predicted octanol–water partition coefficient (Wildman–Crippen LogP) is 3.96. The first-order chi connectivity index (χ1) is 14.4. The van der Waals surface area contributed by atoms with Crippen molar-refractivity contribution >= 4 is 5.97 Å². The molecule has 0 radical (unpaired) electrons. The Bertz CT molecular complexity index is 1040. The van der Waals surface area contributed by atoms with Gasteiger partial charge in [-0.25, -0.2) is 0 Å². The molecular formula is C21H16F3N3O3.